The van der Waals surface area contributed by atoms with Crippen LogP contribution >= 0.6 is 27.3 Å². The predicted octanol–water partition coefficient (Wildman–Crippen LogP) is 2.89. The molecular weight excluding hydrogens is 212 g/mol. The van der Waals surface area contributed by atoms with Gasteiger partial charge in [0.15, 0.2) is 6.29 Å². The molecule has 0 aliphatic heterocycles. The summed E-state index contributed by atoms with van der Waals surface area (Å²) in [5.74, 6) is 0. The lowest BCUT2D eigenvalue weighted by atomic mass is 10.2. The van der Waals surface area contributed by atoms with Gasteiger partial charge in [0.05, 0.1) is 8.66 Å². The first-order chi connectivity index (χ1) is 4.77. The highest BCUT2D eigenvalue weighted by Gasteiger charge is 2.02. The molecule has 0 N–H and O–H groups in total. The molecule has 1 nitrogen and oxygen atoms in total. The monoisotopic (exact) mass is 218 g/mol. The third kappa shape index (κ3) is 1.47. The van der Waals surface area contributed by atoms with Crippen molar-refractivity contribution in [3.05, 3.63) is 20.3 Å². The fourth-order valence-electron chi connectivity index (χ4n) is 0.726. The average Bonchev–Trinajstić information content (AvgIpc) is 2.30. The summed E-state index contributed by atoms with van der Waals surface area (Å²) < 4.78 is 1.08. The second kappa shape index (κ2) is 3.30. The van der Waals surface area contributed by atoms with Crippen LogP contribution < -0.4 is 0 Å². The Bertz CT molecular complexity index is 242. The second-order valence-corrected chi connectivity index (χ2v) is 4.32. The molecule has 0 bridgehead atoms. The molecule has 0 radical (unpaired) electrons. The largest absolute Gasteiger partial charge is 0.297 e. The van der Waals surface area contributed by atoms with E-state index in [4.69, 9.17) is 0 Å². The van der Waals surface area contributed by atoms with Gasteiger partial charge in [-0.05, 0) is 34.0 Å². The highest BCUT2D eigenvalue weighted by atomic mass is 79.9. The number of carbonyl (C=O) groups excluding carboxylic acids is 1. The van der Waals surface area contributed by atoms with Crippen molar-refractivity contribution in [2.24, 2.45) is 0 Å². The van der Waals surface area contributed by atoms with Crippen molar-refractivity contribution >= 4 is 33.6 Å². The van der Waals surface area contributed by atoms with Crippen molar-refractivity contribution in [1.82, 2.24) is 0 Å². The van der Waals surface area contributed by atoms with E-state index in [2.05, 4.69) is 22.9 Å². The fourth-order valence-corrected chi connectivity index (χ4v) is 2.47. The molecule has 54 valence electrons. The number of rotatable bonds is 2. The molecule has 1 aromatic rings. The Morgan fingerprint density at radius 3 is 2.80 bits per heavy atom. The van der Waals surface area contributed by atoms with Gasteiger partial charge in [-0.25, -0.2) is 0 Å². The van der Waals surface area contributed by atoms with Gasteiger partial charge < -0.3 is 0 Å². The smallest absolute Gasteiger partial charge is 0.160 e. The van der Waals surface area contributed by atoms with Crippen LogP contribution in [0.1, 0.15) is 22.2 Å². The third-order valence-corrected chi connectivity index (χ3v) is 3.16. The summed E-state index contributed by atoms with van der Waals surface area (Å²) in [5, 5.41) is 0. The van der Waals surface area contributed by atoms with Crippen molar-refractivity contribution in [2.75, 3.05) is 0 Å². The van der Waals surface area contributed by atoms with Gasteiger partial charge in [0.2, 0.25) is 0 Å². The SMILES string of the molecule is CCc1cc(C=O)sc1Br. The lowest BCUT2D eigenvalue weighted by Crippen LogP contribution is -1.72. The Morgan fingerprint density at radius 2 is 2.50 bits per heavy atom. The zero-order valence-corrected chi connectivity index (χ0v) is 7.96. The molecule has 10 heavy (non-hydrogen) atoms. The minimum absolute atomic E-state index is 0.795. The first-order valence-electron chi connectivity index (χ1n) is 3.01. The van der Waals surface area contributed by atoms with Gasteiger partial charge in [0, 0.05) is 0 Å². The van der Waals surface area contributed by atoms with E-state index < -0.39 is 0 Å². The molecule has 0 atom stereocenters. The van der Waals surface area contributed by atoms with Crippen LogP contribution in [-0.4, -0.2) is 6.29 Å². The maximum atomic E-state index is 10.3. The Hall–Kier alpha value is -0.150. The zero-order chi connectivity index (χ0) is 7.56. The Labute approximate surface area is 72.2 Å². The van der Waals surface area contributed by atoms with Gasteiger partial charge in [-0.15, -0.1) is 11.3 Å². The van der Waals surface area contributed by atoms with E-state index in [-0.39, 0.29) is 0 Å². The highest BCUT2D eigenvalue weighted by molar-refractivity contribution is 9.11. The van der Waals surface area contributed by atoms with Crippen LogP contribution in [0.4, 0.5) is 0 Å². The maximum Gasteiger partial charge on any atom is 0.160 e. The van der Waals surface area contributed by atoms with E-state index in [0.717, 1.165) is 21.4 Å². The van der Waals surface area contributed by atoms with E-state index >= 15 is 0 Å². The van der Waals surface area contributed by atoms with Crippen molar-refractivity contribution in [2.45, 2.75) is 13.3 Å². The molecule has 3 heteroatoms. The van der Waals surface area contributed by atoms with E-state index in [9.17, 15) is 4.79 Å². The lowest BCUT2D eigenvalue weighted by molar-refractivity contribution is 0.112. The standard InChI is InChI=1S/C7H7BrOS/c1-2-5-3-6(4-9)10-7(5)8/h3-4H,2H2,1H3. The van der Waals surface area contributed by atoms with Gasteiger partial charge in [0.25, 0.3) is 0 Å². The van der Waals surface area contributed by atoms with E-state index in [1.807, 2.05) is 6.07 Å². The van der Waals surface area contributed by atoms with Gasteiger partial charge in [-0.3, -0.25) is 4.79 Å². The van der Waals surface area contributed by atoms with E-state index in [0.29, 0.717) is 0 Å². The first-order valence-corrected chi connectivity index (χ1v) is 4.62. The summed E-state index contributed by atoms with van der Waals surface area (Å²) >= 11 is 4.87. The number of thiophene rings is 1. The highest BCUT2D eigenvalue weighted by Crippen LogP contribution is 2.27. The quantitative estimate of drug-likeness (QED) is 0.699. The summed E-state index contributed by atoms with van der Waals surface area (Å²) in [6.07, 6.45) is 1.86. The fraction of sp³-hybridized carbons (Fsp3) is 0.286. The van der Waals surface area contributed by atoms with Gasteiger partial charge >= 0.3 is 0 Å². The van der Waals surface area contributed by atoms with Crippen molar-refractivity contribution < 1.29 is 4.79 Å². The van der Waals surface area contributed by atoms with Crippen molar-refractivity contribution in [3.8, 4) is 0 Å². The average molecular weight is 219 g/mol. The van der Waals surface area contributed by atoms with Crippen LogP contribution in [0.25, 0.3) is 0 Å². The summed E-state index contributed by atoms with van der Waals surface area (Å²) in [5.41, 5.74) is 1.21. The van der Waals surface area contributed by atoms with Crippen LogP contribution in [0.15, 0.2) is 9.85 Å². The molecular formula is C7H7BrOS. The maximum absolute atomic E-state index is 10.3. The topological polar surface area (TPSA) is 17.1 Å². The predicted molar refractivity (Wildman–Crippen MR) is 46.8 cm³/mol. The Kier molecular flexibility index (Phi) is 2.63. The van der Waals surface area contributed by atoms with Crippen LogP contribution in [0.5, 0.6) is 0 Å². The Balaban J connectivity index is 3.03. The number of hydrogen-bond donors (Lipinski definition) is 0. The Morgan fingerprint density at radius 1 is 1.80 bits per heavy atom. The number of hydrogen-bond acceptors (Lipinski definition) is 2. The third-order valence-electron chi connectivity index (χ3n) is 1.27. The second-order valence-electron chi connectivity index (χ2n) is 1.92. The summed E-state index contributed by atoms with van der Waals surface area (Å²) in [7, 11) is 0. The van der Waals surface area contributed by atoms with Gasteiger partial charge in [-0.2, -0.15) is 0 Å². The minimum Gasteiger partial charge on any atom is -0.297 e. The molecule has 0 unspecified atom stereocenters. The molecule has 1 heterocycles. The molecule has 0 amide bonds. The lowest BCUT2D eigenvalue weighted by Gasteiger charge is -1.85. The minimum atomic E-state index is 0.795. The van der Waals surface area contributed by atoms with E-state index in [1.165, 1.54) is 16.9 Å². The summed E-state index contributed by atoms with van der Waals surface area (Å²) in [4.78, 5) is 11.1. The van der Waals surface area contributed by atoms with Crippen LogP contribution in [-0.2, 0) is 6.42 Å². The van der Waals surface area contributed by atoms with Crippen LogP contribution in [0, 0.1) is 0 Å². The molecule has 0 aliphatic rings. The normalized spacial score (nSPS) is 9.80. The van der Waals surface area contributed by atoms with Crippen LogP contribution in [0.3, 0.4) is 0 Å². The van der Waals surface area contributed by atoms with Crippen molar-refractivity contribution in [3.63, 3.8) is 0 Å². The molecule has 1 rings (SSSR count). The van der Waals surface area contributed by atoms with Crippen LogP contribution in [0.2, 0.25) is 0 Å². The molecule has 0 saturated heterocycles. The number of aldehydes is 1. The number of halogens is 1. The van der Waals surface area contributed by atoms with E-state index in [1.54, 1.807) is 0 Å². The molecule has 0 aliphatic carbocycles. The molecule has 0 aromatic carbocycles. The molecule has 1 aromatic heterocycles. The van der Waals surface area contributed by atoms with Gasteiger partial charge in [0.1, 0.15) is 0 Å². The first kappa shape index (κ1) is 7.95. The summed E-state index contributed by atoms with van der Waals surface area (Å²) in [6, 6.07) is 1.92. The van der Waals surface area contributed by atoms with Crippen molar-refractivity contribution in [1.29, 1.82) is 0 Å². The zero-order valence-electron chi connectivity index (χ0n) is 5.56. The molecule has 0 spiro atoms. The summed E-state index contributed by atoms with van der Waals surface area (Å²) in [6.45, 7) is 2.07. The molecule has 0 fully saturated rings. The number of carbonyl (C=O) groups is 1. The number of aryl methyl sites for hydroxylation is 1. The van der Waals surface area contributed by atoms with Gasteiger partial charge in [-0.1, -0.05) is 6.92 Å². The molecule has 0 saturated carbocycles.